The minimum Gasteiger partial charge on any atom is -0.396 e. The van der Waals surface area contributed by atoms with Gasteiger partial charge in [-0.2, -0.15) is 5.10 Å². The standard InChI is InChI=1S/C14H17ClN4O/c1-2-19-13(12(16)9-18-19)14(20)17-7-6-10-4-3-5-11(15)8-10/h3-5,8-9H,2,6-7,16H2,1H3,(H,17,20). The summed E-state index contributed by atoms with van der Waals surface area (Å²) in [5, 5.41) is 7.59. The summed E-state index contributed by atoms with van der Waals surface area (Å²) in [7, 11) is 0. The van der Waals surface area contributed by atoms with E-state index >= 15 is 0 Å². The van der Waals surface area contributed by atoms with Crippen LogP contribution in [0.4, 0.5) is 5.69 Å². The molecule has 5 nitrogen and oxygen atoms in total. The summed E-state index contributed by atoms with van der Waals surface area (Å²) in [6.45, 7) is 3.04. The number of nitrogens with one attached hydrogen (secondary N) is 1. The number of amides is 1. The van der Waals surface area contributed by atoms with E-state index in [0.29, 0.717) is 35.9 Å². The van der Waals surface area contributed by atoms with Crippen molar-refractivity contribution in [2.24, 2.45) is 0 Å². The van der Waals surface area contributed by atoms with E-state index in [-0.39, 0.29) is 5.91 Å². The highest BCUT2D eigenvalue weighted by Crippen LogP contribution is 2.12. The first-order chi connectivity index (χ1) is 9.61. The van der Waals surface area contributed by atoms with Crippen molar-refractivity contribution in [1.82, 2.24) is 15.1 Å². The molecule has 0 spiro atoms. The van der Waals surface area contributed by atoms with Crippen molar-refractivity contribution in [3.8, 4) is 0 Å². The molecule has 1 heterocycles. The number of aromatic nitrogens is 2. The SMILES string of the molecule is CCn1ncc(N)c1C(=O)NCCc1cccc(Cl)c1. The topological polar surface area (TPSA) is 72.9 Å². The maximum atomic E-state index is 12.1. The fourth-order valence-corrected chi connectivity index (χ4v) is 2.20. The number of aryl methyl sites for hydroxylation is 1. The third-order valence-corrected chi connectivity index (χ3v) is 3.21. The minimum absolute atomic E-state index is 0.205. The molecular weight excluding hydrogens is 276 g/mol. The van der Waals surface area contributed by atoms with Crippen LogP contribution in [0.3, 0.4) is 0 Å². The number of nitrogens with two attached hydrogens (primary N) is 1. The highest BCUT2D eigenvalue weighted by atomic mass is 35.5. The van der Waals surface area contributed by atoms with Gasteiger partial charge in [-0.1, -0.05) is 23.7 Å². The molecule has 3 N–H and O–H groups in total. The molecule has 6 heteroatoms. The van der Waals surface area contributed by atoms with Gasteiger partial charge < -0.3 is 11.1 Å². The Morgan fingerprint density at radius 2 is 2.30 bits per heavy atom. The number of nitrogen functional groups attached to an aromatic ring is 1. The zero-order valence-electron chi connectivity index (χ0n) is 11.3. The fourth-order valence-electron chi connectivity index (χ4n) is 1.98. The fraction of sp³-hybridized carbons (Fsp3) is 0.286. The van der Waals surface area contributed by atoms with E-state index in [1.165, 1.54) is 6.20 Å². The molecule has 0 aliphatic heterocycles. The molecule has 0 bridgehead atoms. The molecule has 1 aromatic carbocycles. The maximum absolute atomic E-state index is 12.1. The lowest BCUT2D eigenvalue weighted by molar-refractivity contribution is 0.0944. The number of carbonyl (C=O) groups excluding carboxylic acids is 1. The predicted molar refractivity (Wildman–Crippen MR) is 79.8 cm³/mol. The quantitative estimate of drug-likeness (QED) is 0.886. The average molecular weight is 293 g/mol. The largest absolute Gasteiger partial charge is 0.396 e. The Morgan fingerprint density at radius 3 is 3.00 bits per heavy atom. The van der Waals surface area contributed by atoms with Gasteiger partial charge >= 0.3 is 0 Å². The van der Waals surface area contributed by atoms with Crippen molar-refractivity contribution in [2.45, 2.75) is 19.9 Å². The summed E-state index contributed by atoms with van der Waals surface area (Å²) in [6, 6.07) is 7.58. The summed E-state index contributed by atoms with van der Waals surface area (Å²) in [5.41, 5.74) is 7.65. The van der Waals surface area contributed by atoms with Crippen molar-refractivity contribution < 1.29 is 4.79 Å². The first-order valence-corrected chi connectivity index (χ1v) is 6.83. The molecule has 0 saturated carbocycles. The third kappa shape index (κ3) is 3.30. The monoisotopic (exact) mass is 292 g/mol. The predicted octanol–water partition coefficient (Wildman–Crippen LogP) is 2.11. The van der Waals surface area contributed by atoms with Gasteiger partial charge in [-0.3, -0.25) is 9.48 Å². The van der Waals surface area contributed by atoms with Crippen molar-refractivity contribution in [3.63, 3.8) is 0 Å². The number of hydrogen-bond acceptors (Lipinski definition) is 3. The van der Waals surface area contributed by atoms with Crippen LogP contribution in [0.2, 0.25) is 5.02 Å². The van der Waals surface area contributed by atoms with Gasteiger partial charge in [-0.05, 0) is 31.0 Å². The van der Waals surface area contributed by atoms with Crippen LogP contribution in [0.1, 0.15) is 23.0 Å². The van der Waals surface area contributed by atoms with Gasteiger partial charge in [0.25, 0.3) is 5.91 Å². The number of hydrogen-bond donors (Lipinski definition) is 2. The molecule has 0 fully saturated rings. The van der Waals surface area contributed by atoms with Crippen LogP contribution in [0.15, 0.2) is 30.5 Å². The second-order valence-electron chi connectivity index (χ2n) is 4.40. The number of anilines is 1. The van der Waals surface area contributed by atoms with Gasteiger partial charge in [0.15, 0.2) is 0 Å². The average Bonchev–Trinajstić information content (AvgIpc) is 2.80. The Kier molecular flexibility index (Phi) is 4.63. The summed E-state index contributed by atoms with van der Waals surface area (Å²) in [4.78, 5) is 12.1. The van der Waals surface area contributed by atoms with Gasteiger partial charge in [0, 0.05) is 18.1 Å². The molecule has 2 aromatic rings. The van der Waals surface area contributed by atoms with E-state index in [1.807, 2.05) is 31.2 Å². The molecular formula is C14H17ClN4O. The number of nitrogens with zero attached hydrogens (tertiary/aromatic N) is 2. The molecule has 0 unspecified atom stereocenters. The molecule has 1 aromatic heterocycles. The van der Waals surface area contributed by atoms with Crippen LogP contribution in [0, 0.1) is 0 Å². The summed E-state index contributed by atoms with van der Waals surface area (Å²) in [6.07, 6.45) is 2.21. The van der Waals surface area contributed by atoms with Crippen molar-refractivity contribution in [1.29, 1.82) is 0 Å². The lowest BCUT2D eigenvalue weighted by atomic mass is 10.1. The van der Waals surface area contributed by atoms with E-state index in [2.05, 4.69) is 10.4 Å². The number of rotatable bonds is 5. The van der Waals surface area contributed by atoms with Gasteiger partial charge in [0.05, 0.1) is 11.9 Å². The van der Waals surface area contributed by atoms with Gasteiger partial charge in [0.2, 0.25) is 0 Å². The maximum Gasteiger partial charge on any atom is 0.271 e. The first kappa shape index (κ1) is 14.4. The van der Waals surface area contributed by atoms with Crippen LogP contribution in [-0.2, 0) is 13.0 Å². The Balaban J connectivity index is 1.94. The highest BCUT2D eigenvalue weighted by molar-refractivity contribution is 6.30. The van der Waals surface area contributed by atoms with E-state index < -0.39 is 0 Å². The molecule has 0 radical (unpaired) electrons. The van der Waals surface area contributed by atoms with Crippen LogP contribution in [0.5, 0.6) is 0 Å². The third-order valence-electron chi connectivity index (χ3n) is 2.97. The molecule has 0 atom stereocenters. The second kappa shape index (κ2) is 6.43. The molecule has 20 heavy (non-hydrogen) atoms. The smallest absolute Gasteiger partial charge is 0.271 e. The number of halogens is 1. The van der Waals surface area contributed by atoms with Gasteiger partial charge in [-0.15, -0.1) is 0 Å². The Labute approximate surface area is 122 Å². The van der Waals surface area contributed by atoms with E-state index in [1.54, 1.807) is 4.68 Å². The number of carbonyl (C=O) groups is 1. The van der Waals surface area contributed by atoms with Gasteiger partial charge in [-0.25, -0.2) is 0 Å². The van der Waals surface area contributed by atoms with Crippen LogP contribution < -0.4 is 11.1 Å². The van der Waals surface area contributed by atoms with E-state index in [0.717, 1.165) is 5.56 Å². The normalized spacial score (nSPS) is 10.5. The minimum atomic E-state index is -0.205. The second-order valence-corrected chi connectivity index (χ2v) is 4.84. The van der Waals surface area contributed by atoms with E-state index in [4.69, 9.17) is 17.3 Å². The highest BCUT2D eigenvalue weighted by Gasteiger charge is 2.15. The molecule has 0 aliphatic rings. The van der Waals surface area contributed by atoms with Crippen LogP contribution in [-0.4, -0.2) is 22.2 Å². The van der Waals surface area contributed by atoms with Crippen molar-refractivity contribution in [2.75, 3.05) is 12.3 Å². The summed E-state index contributed by atoms with van der Waals surface area (Å²) in [5.74, 6) is -0.205. The van der Waals surface area contributed by atoms with Crippen LogP contribution in [0.25, 0.3) is 0 Å². The van der Waals surface area contributed by atoms with Crippen LogP contribution >= 0.6 is 11.6 Å². The van der Waals surface area contributed by atoms with Crippen molar-refractivity contribution in [3.05, 3.63) is 46.7 Å². The zero-order chi connectivity index (χ0) is 14.5. The number of benzene rings is 1. The zero-order valence-corrected chi connectivity index (χ0v) is 12.0. The molecule has 2 rings (SSSR count). The lowest BCUT2D eigenvalue weighted by Gasteiger charge is -2.08. The lowest BCUT2D eigenvalue weighted by Crippen LogP contribution is -2.28. The first-order valence-electron chi connectivity index (χ1n) is 6.45. The molecule has 0 aliphatic carbocycles. The van der Waals surface area contributed by atoms with E-state index in [9.17, 15) is 4.79 Å². The Morgan fingerprint density at radius 1 is 1.50 bits per heavy atom. The molecule has 0 saturated heterocycles. The summed E-state index contributed by atoms with van der Waals surface area (Å²) < 4.78 is 1.59. The Bertz CT molecular complexity index is 609. The molecule has 1 amide bonds. The molecule has 106 valence electrons. The van der Waals surface area contributed by atoms with Gasteiger partial charge in [0.1, 0.15) is 5.69 Å². The summed E-state index contributed by atoms with van der Waals surface area (Å²) >= 11 is 5.91. The van der Waals surface area contributed by atoms with Crippen molar-refractivity contribution >= 4 is 23.2 Å². The Hall–Kier alpha value is -2.01.